The van der Waals surface area contributed by atoms with Crippen molar-refractivity contribution in [1.82, 2.24) is 26.2 Å². The molecule has 256 valence electrons. The Morgan fingerprint density at radius 3 is 2.11 bits per heavy atom. The molecule has 0 aromatic heterocycles. The average Bonchev–Trinajstić information content (AvgIpc) is 3.59. The quantitative estimate of drug-likeness (QED) is 0.115. The van der Waals surface area contributed by atoms with E-state index in [-0.39, 0.29) is 17.7 Å². The van der Waals surface area contributed by atoms with E-state index in [1.807, 2.05) is 74.5 Å². The zero-order chi connectivity index (χ0) is 34.2. The number of rotatable bonds is 19. The topological polar surface area (TPSA) is 163 Å². The summed E-state index contributed by atoms with van der Waals surface area (Å²) in [6, 6.07) is 15.2. The van der Waals surface area contributed by atoms with Crippen molar-refractivity contribution in [2.75, 3.05) is 20.1 Å². The number of amides is 4. The number of likely N-dealkylation sites (N-methyl/N-ethyl adjacent to an activating group) is 1. The molecule has 2 aromatic rings. The van der Waals surface area contributed by atoms with Crippen LogP contribution in [0.15, 0.2) is 60.7 Å². The zero-order valence-corrected chi connectivity index (χ0v) is 28.0. The second-order valence-corrected chi connectivity index (χ2v) is 12.4. The standard InChI is InChI=1S/C36H52N6O5/c1-4-25(2)32(35(46)39-28(24-43)22-26-14-7-5-8-15-26)41-34(45)31-19-13-21-42(31)36(47)29(18-11-12-20-37)40-33(44)30(38-3)23-27-16-9-6-10-17-27/h5-10,14-17,24-25,28-32,38H,4,11-13,18-23,37H2,1-3H3,(H,39,46)(H,40,44)(H,41,45)/t25-,28-,29-,30-,31-,32-/m0/s1. The summed E-state index contributed by atoms with van der Waals surface area (Å²) in [5, 5.41) is 11.7. The molecule has 0 spiro atoms. The first kappa shape index (κ1) is 37.4. The molecule has 3 rings (SSSR count). The fourth-order valence-corrected chi connectivity index (χ4v) is 5.93. The van der Waals surface area contributed by atoms with Crippen LogP contribution in [0.1, 0.15) is 63.5 Å². The van der Waals surface area contributed by atoms with E-state index in [1.165, 1.54) is 4.90 Å². The van der Waals surface area contributed by atoms with Crippen LogP contribution in [0.3, 0.4) is 0 Å². The van der Waals surface area contributed by atoms with E-state index in [1.54, 1.807) is 7.05 Å². The first-order valence-electron chi connectivity index (χ1n) is 16.8. The summed E-state index contributed by atoms with van der Waals surface area (Å²) in [6.45, 7) is 4.62. The van der Waals surface area contributed by atoms with Gasteiger partial charge in [-0.2, -0.15) is 0 Å². The molecule has 47 heavy (non-hydrogen) atoms. The molecule has 2 aromatic carbocycles. The van der Waals surface area contributed by atoms with Crippen molar-refractivity contribution in [2.45, 2.75) is 95.4 Å². The minimum Gasteiger partial charge on any atom is -0.344 e. The van der Waals surface area contributed by atoms with Crippen molar-refractivity contribution >= 4 is 29.9 Å². The van der Waals surface area contributed by atoms with Crippen LogP contribution in [0.2, 0.25) is 0 Å². The maximum atomic E-state index is 14.0. The van der Waals surface area contributed by atoms with Gasteiger partial charge >= 0.3 is 0 Å². The lowest BCUT2D eigenvalue weighted by atomic mass is 9.97. The second kappa shape index (κ2) is 19.5. The minimum atomic E-state index is -0.891. The van der Waals surface area contributed by atoms with Gasteiger partial charge in [-0.3, -0.25) is 19.2 Å². The molecule has 1 saturated heterocycles. The third kappa shape index (κ3) is 11.3. The number of carbonyl (C=O) groups is 5. The number of carbonyl (C=O) groups excluding carboxylic acids is 5. The van der Waals surface area contributed by atoms with E-state index in [9.17, 15) is 24.0 Å². The number of hydrogen-bond donors (Lipinski definition) is 5. The number of hydrogen-bond acceptors (Lipinski definition) is 7. The smallest absolute Gasteiger partial charge is 0.245 e. The Balaban J connectivity index is 1.71. The van der Waals surface area contributed by atoms with Crippen molar-refractivity contribution in [3.63, 3.8) is 0 Å². The number of nitrogens with two attached hydrogens (primary N) is 1. The van der Waals surface area contributed by atoms with Gasteiger partial charge < -0.3 is 36.7 Å². The Morgan fingerprint density at radius 2 is 1.53 bits per heavy atom. The van der Waals surface area contributed by atoms with Crippen LogP contribution in [0.25, 0.3) is 0 Å². The zero-order valence-electron chi connectivity index (χ0n) is 28.0. The lowest BCUT2D eigenvalue weighted by Crippen LogP contribution is -2.59. The Kier molecular flexibility index (Phi) is 15.5. The van der Waals surface area contributed by atoms with Crippen molar-refractivity contribution in [1.29, 1.82) is 0 Å². The number of aldehydes is 1. The Hall–Kier alpha value is -4.09. The van der Waals surface area contributed by atoms with Gasteiger partial charge in [0.2, 0.25) is 23.6 Å². The van der Waals surface area contributed by atoms with Gasteiger partial charge in [-0.1, -0.05) is 80.9 Å². The third-order valence-corrected chi connectivity index (χ3v) is 8.93. The molecular formula is C36H52N6O5. The van der Waals surface area contributed by atoms with Gasteiger partial charge in [0.25, 0.3) is 0 Å². The molecule has 1 aliphatic heterocycles. The number of benzene rings is 2. The highest BCUT2D eigenvalue weighted by Crippen LogP contribution is 2.21. The monoisotopic (exact) mass is 648 g/mol. The molecule has 0 saturated carbocycles. The van der Waals surface area contributed by atoms with Gasteiger partial charge in [0, 0.05) is 6.54 Å². The number of likely N-dealkylation sites (tertiary alicyclic amines) is 1. The van der Waals surface area contributed by atoms with Gasteiger partial charge in [-0.05, 0) is 75.6 Å². The number of nitrogens with zero attached hydrogens (tertiary/aromatic N) is 1. The lowest BCUT2D eigenvalue weighted by molar-refractivity contribution is -0.142. The van der Waals surface area contributed by atoms with E-state index in [4.69, 9.17) is 5.73 Å². The minimum absolute atomic E-state index is 0.222. The van der Waals surface area contributed by atoms with Crippen LogP contribution in [-0.4, -0.2) is 85.2 Å². The number of unbranched alkanes of at least 4 members (excludes halogenated alkanes) is 1. The SMILES string of the molecule is CC[C@H](C)[C@H](NC(=O)[C@@H]1CCCN1C(=O)[C@H](CCCCN)NC(=O)[C@H](Cc1ccccc1)NC)C(=O)N[C@H](C=O)Cc1ccccc1. The highest BCUT2D eigenvalue weighted by Gasteiger charge is 2.40. The maximum absolute atomic E-state index is 14.0. The molecule has 1 fully saturated rings. The van der Waals surface area contributed by atoms with Crippen LogP contribution in [0.5, 0.6) is 0 Å². The fraction of sp³-hybridized carbons (Fsp3) is 0.528. The molecule has 0 aliphatic carbocycles. The molecule has 0 unspecified atom stereocenters. The van der Waals surface area contributed by atoms with Crippen LogP contribution in [0, 0.1) is 5.92 Å². The third-order valence-electron chi connectivity index (χ3n) is 8.93. The largest absolute Gasteiger partial charge is 0.344 e. The predicted octanol–water partition coefficient (Wildman–Crippen LogP) is 1.88. The second-order valence-electron chi connectivity index (χ2n) is 12.4. The van der Waals surface area contributed by atoms with Gasteiger partial charge in [-0.25, -0.2) is 0 Å². The molecule has 11 nitrogen and oxygen atoms in total. The molecule has 6 atom stereocenters. The van der Waals surface area contributed by atoms with E-state index in [0.29, 0.717) is 70.7 Å². The van der Waals surface area contributed by atoms with Crippen molar-refractivity contribution in [2.24, 2.45) is 11.7 Å². The lowest BCUT2D eigenvalue weighted by Gasteiger charge is -2.31. The predicted molar refractivity (Wildman–Crippen MR) is 182 cm³/mol. The van der Waals surface area contributed by atoms with E-state index in [2.05, 4.69) is 21.3 Å². The van der Waals surface area contributed by atoms with E-state index < -0.39 is 42.0 Å². The molecule has 4 amide bonds. The summed E-state index contributed by atoms with van der Waals surface area (Å²) >= 11 is 0. The normalized spacial score (nSPS) is 17.5. The summed E-state index contributed by atoms with van der Waals surface area (Å²) < 4.78 is 0. The van der Waals surface area contributed by atoms with Gasteiger partial charge in [0.05, 0.1) is 12.1 Å². The fourth-order valence-electron chi connectivity index (χ4n) is 5.93. The Morgan fingerprint density at radius 1 is 0.894 bits per heavy atom. The summed E-state index contributed by atoms with van der Waals surface area (Å²) in [6.07, 6.45) is 4.88. The van der Waals surface area contributed by atoms with Crippen molar-refractivity contribution < 1.29 is 24.0 Å². The number of nitrogens with one attached hydrogen (secondary N) is 4. The maximum Gasteiger partial charge on any atom is 0.245 e. The average molecular weight is 649 g/mol. The molecule has 1 aliphatic rings. The molecule has 1 heterocycles. The summed E-state index contributed by atoms with van der Waals surface area (Å²) in [5.74, 6) is -1.71. The first-order chi connectivity index (χ1) is 22.7. The summed E-state index contributed by atoms with van der Waals surface area (Å²) in [7, 11) is 1.71. The van der Waals surface area contributed by atoms with Crippen molar-refractivity contribution in [3.8, 4) is 0 Å². The Labute approximate surface area is 278 Å². The highest BCUT2D eigenvalue weighted by molar-refractivity contribution is 5.95. The molecular weight excluding hydrogens is 596 g/mol. The van der Waals surface area contributed by atoms with Crippen LogP contribution < -0.4 is 27.0 Å². The summed E-state index contributed by atoms with van der Waals surface area (Å²) in [5.41, 5.74) is 7.61. The first-order valence-corrected chi connectivity index (χ1v) is 16.8. The Bertz CT molecular complexity index is 1290. The van der Waals surface area contributed by atoms with Gasteiger partial charge in [-0.15, -0.1) is 0 Å². The van der Waals surface area contributed by atoms with E-state index >= 15 is 0 Å². The van der Waals surface area contributed by atoms with Gasteiger partial charge in [0.15, 0.2) is 0 Å². The molecule has 0 bridgehead atoms. The van der Waals surface area contributed by atoms with Crippen molar-refractivity contribution in [3.05, 3.63) is 71.8 Å². The van der Waals surface area contributed by atoms with Crippen LogP contribution in [-0.2, 0) is 36.8 Å². The summed E-state index contributed by atoms with van der Waals surface area (Å²) in [4.78, 5) is 67.9. The van der Waals surface area contributed by atoms with Crippen LogP contribution in [0.4, 0.5) is 0 Å². The van der Waals surface area contributed by atoms with Crippen LogP contribution >= 0.6 is 0 Å². The highest BCUT2D eigenvalue weighted by atomic mass is 16.2. The van der Waals surface area contributed by atoms with Gasteiger partial charge in [0.1, 0.15) is 24.4 Å². The van der Waals surface area contributed by atoms with E-state index in [0.717, 1.165) is 11.1 Å². The molecule has 6 N–H and O–H groups in total. The molecule has 0 radical (unpaired) electrons. The molecule has 11 heteroatoms.